The second-order valence-corrected chi connectivity index (χ2v) is 12.8. The molecule has 10 aromatic rings. The van der Waals surface area contributed by atoms with Gasteiger partial charge in [-0.2, -0.15) is 0 Å². The molecule has 6 aromatic carbocycles. The van der Waals surface area contributed by atoms with E-state index in [2.05, 4.69) is 120 Å². The highest BCUT2D eigenvalue weighted by Crippen LogP contribution is 2.47. The van der Waals surface area contributed by atoms with Gasteiger partial charge in [-0.3, -0.25) is 4.57 Å². The van der Waals surface area contributed by atoms with Gasteiger partial charge in [0.15, 0.2) is 10.7 Å². The molecule has 0 saturated carbocycles. The van der Waals surface area contributed by atoms with Crippen LogP contribution in [-0.4, -0.2) is 9.55 Å². The lowest BCUT2D eigenvalue weighted by Crippen LogP contribution is -1.92. The molecule has 196 valence electrons. The van der Waals surface area contributed by atoms with E-state index in [0.29, 0.717) is 0 Å². The van der Waals surface area contributed by atoms with E-state index in [0.717, 1.165) is 43.6 Å². The largest absolute Gasteiger partial charge is 0.454 e. The van der Waals surface area contributed by atoms with Crippen LogP contribution in [0.3, 0.4) is 0 Å². The fourth-order valence-electron chi connectivity index (χ4n) is 6.63. The first-order valence-corrected chi connectivity index (χ1v) is 15.6. The predicted molar refractivity (Wildman–Crippen MR) is 180 cm³/mol. The molecule has 0 bridgehead atoms. The highest BCUT2D eigenvalue weighted by molar-refractivity contribution is 7.26. The molecule has 3 nitrogen and oxygen atoms in total. The number of thiophene rings is 1. The number of thiazole rings is 1. The van der Waals surface area contributed by atoms with Gasteiger partial charge in [0.2, 0.25) is 0 Å². The van der Waals surface area contributed by atoms with Gasteiger partial charge in [0, 0.05) is 47.3 Å². The molecule has 0 amide bonds. The highest BCUT2D eigenvalue weighted by atomic mass is 32.1. The van der Waals surface area contributed by atoms with E-state index in [1.807, 2.05) is 17.4 Å². The van der Waals surface area contributed by atoms with Crippen molar-refractivity contribution in [2.24, 2.45) is 0 Å². The van der Waals surface area contributed by atoms with E-state index >= 15 is 0 Å². The smallest absolute Gasteiger partial charge is 0.195 e. The molecule has 0 fully saturated rings. The summed E-state index contributed by atoms with van der Waals surface area (Å²) in [7, 11) is 0. The molecule has 0 unspecified atom stereocenters. The van der Waals surface area contributed by atoms with Gasteiger partial charge in [0.1, 0.15) is 5.58 Å². The molecule has 0 aliphatic rings. The van der Waals surface area contributed by atoms with Gasteiger partial charge in [-0.1, -0.05) is 102 Å². The van der Waals surface area contributed by atoms with Crippen LogP contribution < -0.4 is 0 Å². The maximum Gasteiger partial charge on any atom is 0.195 e. The summed E-state index contributed by atoms with van der Waals surface area (Å²) in [6.45, 7) is 0. The first-order chi connectivity index (χ1) is 20.8. The maximum absolute atomic E-state index is 6.60. The quantitative estimate of drug-likeness (QED) is 0.206. The number of aromatic nitrogens is 2. The molecule has 5 heteroatoms. The normalized spacial score (nSPS) is 12.3. The number of hydrogen-bond acceptors (Lipinski definition) is 4. The standard InChI is InChI=1S/C37H20N2OS2/c1-2-10-21(11-3-1)27-20-31-32(26-14-6-9-17-30(26)41-31)33-36(27)42-37(38-33)39-28-15-7-4-12-22(28)24-18-19-25-23-13-5-8-16-29(23)40-35(25)34(24)39/h1-20H. The summed E-state index contributed by atoms with van der Waals surface area (Å²) in [5, 5.41) is 8.08. The molecule has 10 rings (SSSR count). The molecule has 0 radical (unpaired) electrons. The van der Waals surface area contributed by atoms with E-state index in [4.69, 9.17) is 9.40 Å². The van der Waals surface area contributed by atoms with E-state index in [-0.39, 0.29) is 0 Å². The van der Waals surface area contributed by atoms with Crippen LogP contribution >= 0.6 is 22.7 Å². The van der Waals surface area contributed by atoms with Crippen LogP contribution in [-0.2, 0) is 0 Å². The molecule has 0 atom stereocenters. The van der Waals surface area contributed by atoms with Crippen LogP contribution in [0.5, 0.6) is 0 Å². The Balaban J connectivity index is 1.40. The van der Waals surface area contributed by atoms with E-state index in [9.17, 15) is 0 Å². The minimum Gasteiger partial charge on any atom is -0.454 e. The van der Waals surface area contributed by atoms with Gasteiger partial charge in [-0.15, -0.1) is 11.3 Å². The van der Waals surface area contributed by atoms with Gasteiger partial charge in [-0.05, 0) is 35.9 Å². The topological polar surface area (TPSA) is 31.0 Å². The Morgan fingerprint density at radius 3 is 2.24 bits per heavy atom. The summed E-state index contributed by atoms with van der Waals surface area (Å²) in [5.74, 6) is 0. The van der Waals surface area contributed by atoms with Crippen molar-refractivity contribution in [1.29, 1.82) is 0 Å². The minimum absolute atomic E-state index is 0.901. The van der Waals surface area contributed by atoms with Crippen molar-refractivity contribution in [2.45, 2.75) is 0 Å². The number of nitrogens with zero attached hydrogens (tertiary/aromatic N) is 2. The molecule has 0 aliphatic carbocycles. The molecule has 0 spiro atoms. The highest BCUT2D eigenvalue weighted by Gasteiger charge is 2.23. The molecular formula is C37H20N2OS2. The Hall–Kier alpha value is -4.97. The zero-order valence-corrected chi connectivity index (χ0v) is 23.8. The Morgan fingerprint density at radius 1 is 0.595 bits per heavy atom. The molecule has 4 heterocycles. The van der Waals surface area contributed by atoms with Gasteiger partial charge in [0.25, 0.3) is 0 Å². The van der Waals surface area contributed by atoms with Crippen molar-refractivity contribution >= 4 is 96.8 Å². The second-order valence-electron chi connectivity index (χ2n) is 10.7. The van der Waals surface area contributed by atoms with Crippen molar-refractivity contribution in [3.05, 3.63) is 121 Å². The summed E-state index contributed by atoms with van der Waals surface area (Å²) in [6.07, 6.45) is 0. The maximum atomic E-state index is 6.60. The van der Waals surface area contributed by atoms with Gasteiger partial charge < -0.3 is 4.42 Å². The van der Waals surface area contributed by atoms with E-state index in [1.54, 1.807) is 11.3 Å². The first-order valence-electron chi connectivity index (χ1n) is 14.0. The van der Waals surface area contributed by atoms with Crippen molar-refractivity contribution < 1.29 is 4.42 Å². The number of hydrogen-bond donors (Lipinski definition) is 0. The van der Waals surface area contributed by atoms with Crippen molar-refractivity contribution in [3.63, 3.8) is 0 Å². The Labute approximate surface area is 247 Å². The molecule has 0 N–H and O–H groups in total. The first kappa shape index (κ1) is 22.7. The minimum atomic E-state index is 0.901. The summed E-state index contributed by atoms with van der Waals surface area (Å²) in [4.78, 5) is 5.50. The molecule has 0 saturated heterocycles. The average Bonchev–Trinajstić information content (AvgIpc) is 3.80. The fraction of sp³-hybridized carbons (Fsp3) is 0. The summed E-state index contributed by atoms with van der Waals surface area (Å²) in [6, 6.07) is 43.1. The predicted octanol–water partition coefficient (Wildman–Crippen LogP) is 11.3. The summed E-state index contributed by atoms with van der Waals surface area (Å²) in [5.41, 5.74) is 7.50. The number of benzene rings is 6. The molecular weight excluding hydrogens is 553 g/mol. The van der Waals surface area contributed by atoms with Crippen LogP contribution in [0.4, 0.5) is 0 Å². The SMILES string of the molecule is c1ccc(-c2cc3sc4ccccc4c3c3nc(-n4c5ccccc5c5ccc6c7ccccc7oc6c54)sc23)cc1. The van der Waals surface area contributed by atoms with Crippen LogP contribution in [0.1, 0.15) is 0 Å². The van der Waals surface area contributed by atoms with Crippen LogP contribution in [0.25, 0.3) is 90.4 Å². The number of fused-ring (bicyclic) bond motifs is 12. The third kappa shape index (κ3) is 2.96. The Kier molecular flexibility index (Phi) is 4.48. The lowest BCUT2D eigenvalue weighted by molar-refractivity contribution is 0.671. The Bertz CT molecular complexity index is 2690. The molecule has 4 aromatic heterocycles. The lowest BCUT2D eigenvalue weighted by Gasteiger charge is -2.04. The fourth-order valence-corrected chi connectivity index (χ4v) is 8.91. The number of furan rings is 1. The summed E-state index contributed by atoms with van der Waals surface area (Å²) >= 11 is 3.61. The van der Waals surface area contributed by atoms with Crippen molar-refractivity contribution in [1.82, 2.24) is 9.55 Å². The number of rotatable bonds is 2. The third-order valence-corrected chi connectivity index (χ3v) is 10.6. The van der Waals surface area contributed by atoms with Gasteiger partial charge in [-0.25, -0.2) is 4.98 Å². The molecule has 42 heavy (non-hydrogen) atoms. The zero-order chi connectivity index (χ0) is 27.4. The van der Waals surface area contributed by atoms with Crippen LogP contribution in [0.2, 0.25) is 0 Å². The van der Waals surface area contributed by atoms with E-state index < -0.39 is 0 Å². The van der Waals surface area contributed by atoms with Crippen LogP contribution in [0, 0.1) is 0 Å². The van der Waals surface area contributed by atoms with Gasteiger partial charge in [0.05, 0.1) is 21.3 Å². The van der Waals surface area contributed by atoms with Crippen LogP contribution in [0.15, 0.2) is 126 Å². The average molecular weight is 573 g/mol. The Morgan fingerprint density at radius 2 is 1.33 bits per heavy atom. The van der Waals surface area contributed by atoms with E-state index in [1.165, 1.54) is 46.8 Å². The van der Waals surface area contributed by atoms with Crippen molar-refractivity contribution in [2.75, 3.05) is 0 Å². The monoisotopic (exact) mass is 572 g/mol. The number of para-hydroxylation sites is 2. The lowest BCUT2D eigenvalue weighted by atomic mass is 10.0. The zero-order valence-electron chi connectivity index (χ0n) is 22.2. The summed E-state index contributed by atoms with van der Waals surface area (Å²) < 4.78 is 12.7. The third-order valence-electron chi connectivity index (χ3n) is 8.45. The van der Waals surface area contributed by atoms with Crippen molar-refractivity contribution in [3.8, 4) is 16.3 Å². The molecule has 0 aliphatic heterocycles. The van der Waals surface area contributed by atoms with Gasteiger partial charge >= 0.3 is 0 Å². The second kappa shape index (κ2) is 8.29.